The summed E-state index contributed by atoms with van der Waals surface area (Å²) in [6, 6.07) is 6.92. The zero-order chi connectivity index (χ0) is 21.6. The number of nitrogens with one attached hydrogen (secondary N) is 2. The lowest BCUT2D eigenvalue weighted by molar-refractivity contribution is 0.509. The molecule has 3 rings (SSSR count). The Labute approximate surface area is 177 Å². The molecule has 164 valence electrons. The zero-order valence-corrected chi connectivity index (χ0v) is 18.4. The first-order valence-corrected chi connectivity index (χ1v) is 12.2. The van der Waals surface area contributed by atoms with Crippen molar-refractivity contribution in [2.75, 3.05) is 26.4 Å². The van der Waals surface area contributed by atoms with Gasteiger partial charge in [0.2, 0.25) is 0 Å². The van der Waals surface area contributed by atoms with Crippen molar-refractivity contribution in [3.8, 4) is 0 Å². The fourth-order valence-corrected chi connectivity index (χ4v) is 4.11. The molecular weight excluding hydrogens is 404 g/mol. The van der Waals surface area contributed by atoms with E-state index in [1.54, 1.807) is 28.4 Å². The topological polar surface area (TPSA) is 110 Å². The summed E-state index contributed by atoms with van der Waals surface area (Å²) < 4.78 is 26.4. The maximum Gasteiger partial charge on any atom is 0.345 e. The van der Waals surface area contributed by atoms with E-state index < -0.39 is 9.84 Å². The number of fused-ring (bicyclic) bond motifs is 1. The van der Waals surface area contributed by atoms with Crippen LogP contribution in [-0.2, 0) is 35.8 Å². The fraction of sp³-hybridized carbons (Fsp3) is 0.550. The largest absolute Gasteiger partial charge is 0.356 e. The molecule has 0 atom stereocenters. The summed E-state index contributed by atoms with van der Waals surface area (Å²) in [5, 5.41) is 10.9. The molecule has 10 heteroatoms. The highest BCUT2D eigenvalue weighted by molar-refractivity contribution is 7.90. The number of guanidine groups is 1. The number of nitrogens with zero attached hydrogens (tertiary/aromatic N) is 4. The molecule has 1 aromatic carbocycles. The van der Waals surface area contributed by atoms with Gasteiger partial charge in [0.15, 0.2) is 15.8 Å². The van der Waals surface area contributed by atoms with Crippen molar-refractivity contribution in [2.24, 2.45) is 4.99 Å². The van der Waals surface area contributed by atoms with Crippen molar-refractivity contribution in [1.29, 1.82) is 0 Å². The van der Waals surface area contributed by atoms with Gasteiger partial charge in [-0.05, 0) is 43.4 Å². The van der Waals surface area contributed by atoms with Crippen LogP contribution in [0.5, 0.6) is 0 Å². The number of benzene rings is 1. The van der Waals surface area contributed by atoms with E-state index in [0.717, 1.165) is 50.0 Å². The molecule has 2 aromatic rings. The highest BCUT2D eigenvalue weighted by Gasteiger charge is 2.16. The van der Waals surface area contributed by atoms with Crippen LogP contribution in [0.1, 0.15) is 30.7 Å². The van der Waals surface area contributed by atoms with Crippen molar-refractivity contribution >= 4 is 15.8 Å². The molecule has 0 saturated heterocycles. The molecule has 0 unspecified atom stereocenters. The van der Waals surface area contributed by atoms with Gasteiger partial charge in [0, 0.05) is 45.9 Å². The number of aryl methyl sites for hydroxylation is 2. The second-order valence-electron chi connectivity index (χ2n) is 7.48. The van der Waals surface area contributed by atoms with Crippen molar-refractivity contribution in [3.05, 3.63) is 46.1 Å². The van der Waals surface area contributed by atoms with Crippen LogP contribution in [0.4, 0.5) is 0 Å². The van der Waals surface area contributed by atoms with E-state index in [9.17, 15) is 13.2 Å². The third kappa shape index (κ3) is 5.71. The monoisotopic (exact) mass is 434 g/mol. The van der Waals surface area contributed by atoms with Gasteiger partial charge in [-0.15, -0.1) is 0 Å². The standard InChI is InChI=1S/C20H30N6O3S/c1-21-19(23-13-11-16-7-9-17(10-8-16)30(2,28)29)22-12-5-15-26-20(27)25-14-4-3-6-18(25)24-26/h7-10H,3-6,11-15H2,1-2H3,(H2,21,22,23). The van der Waals surface area contributed by atoms with Crippen LogP contribution in [-0.4, -0.2) is 55.1 Å². The maximum absolute atomic E-state index is 12.3. The summed E-state index contributed by atoms with van der Waals surface area (Å²) in [7, 11) is -1.45. The molecule has 0 aliphatic carbocycles. The Hall–Kier alpha value is -2.62. The third-order valence-electron chi connectivity index (χ3n) is 5.15. The third-order valence-corrected chi connectivity index (χ3v) is 6.28. The lowest BCUT2D eigenvalue weighted by Gasteiger charge is -2.12. The van der Waals surface area contributed by atoms with Crippen molar-refractivity contribution in [2.45, 2.75) is 50.1 Å². The second-order valence-corrected chi connectivity index (χ2v) is 9.49. The minimum absolute atomic E-state index is 0.00546. The van der Waals surface area contributed by atoms with Gasteiger partial charge in [-0.1, -0.05) is 12.1 Å². The van der Waals surface area contributed by atoms with E-state index in [0.29, 0.717) is 30.5 Å². The van der Waals surface area contributed by atoms with E-state index >= 15 is 0 Å². The Morgan fingerprint density at radius 1 is 1.17 bits per heavy atom. The van der Waals surface area contributed by atoms with Gasteiger partial charge in [0.25, 0.3) is 0 Å². The summed E-state index contributed by atoms with van der Waals surface area (Å²) >= 11 is 0. The lowest BCUT2D eigenvalue weighted by Crippen LogP contribution is -2.39. The Bertz CT molecular complexity index is 1040. The first-order chi connectivity index (χ1) is 14.4. The molecule has 0 fully saturated rings. The van der Waals surface area contributed by atoms with E-state index in [1.165, 1.54) is 6.26 Å². The van der Waals surface area contributed by atoms with Crippen LogP contribution < -0.4 is 16.3 Å². The first-order valence-electron chi connectivity index (χ1n) is 10.3. The number of aliphatic imine (C=N–C) groups is 1. The van der Waals surface area contributed by atoms with Crippen LogP contribution in [0, 0.1) is 0 Å². The lowest BCUT2D eigenvalue weighted by atomic mass is 10.1. The van der Waals surface area contributed by atoms with Crippen molar-refractivity contribution in [1.82, 2.24) is 25.0 Å². The summed E-state index contributed by atoms with van der Waals surface area (Å²) in [5.41, 5.74) is 1.04. The van der Waals surface area contributed by atoms with E-state index in [1.807, 2.05) is 12.1 Å². The predicted molar refractivity (Wildman–Crippen MR) is 117 cm³/mol. The molecule has 1 aliphatic rings. The van der Waals surface area contributed by atoms with Gasteiger partial charge in [0.1, 0.15) is 5.82 Å². The summed E-state index contributed by atoms with van der Waals surface area (Å²) in [6.07, 6.45) is 5.75. The highest BCUT2D eigenvalue weighted by Crippen LogP contribution is 2.11. The van der Waals surface area contributed by atoms with Gasteiger partial charge in [-0.2, -0.15) is 5.10 Å². The SMILES string of the molecule is CN=C(NCCCn1nc2n(c1=O)CCCC2)NCCc1ccc(S(C)(=O)=O)cc1. The Morgan fingerprint density at radius 3 is 2.57 bits per heavy atom. The number of rotatable bonds is 8. The molecule has 2 N–H and O–H groups in total. The van der Waals surface area contributed by atoms with Gasteiger partial charge in [-0.25, -0.2) is 17.9 Å². The molecule has 1 aromatic heterocycles. The number of hydrogen-bond donors (Lipinski definition) is 2. The normalized spacial score (nSPS) is 14.4. The first kappa shape index (κ1) is 22.1. The summed E-state index contributed by atoms with van der Waals surface area (Å²) in [5.74, 6) is 1.60. The van der Waals surface area contributed by atoms with Gasteiger partial charge >= 0.3 is 5.69 Å². The molecule has 0 bridgehead atoms. The average molecular weight is 435 g/mol. The molecule has 0 radical (unpaired) electrons. The van der Waals surface area contributed by atoms with Crippen LogP contribution in [0.25, 0.3) is 0 Å². The Kier molecular flexibility index (Phi) is 7.30. The van der Waals surface area contributed by atoms with Gasteiger partial charge < -0.3 is 10.6 Å². The van der Waals surface area contributed by atoms with Crippen LogP contribution in [0.2, 0.25) is 0 Å². The van der Waals surface area contributed by atoms with Crippen molar-refractivity contribution in [3.63, 3.8) is 0 Å². The molecule has 0 amide bonds. The number of sulfone groups is 1. The Balaban J connectivity index is 1.39. The fourth-order valence-electron chi connectivity index (χ4n) is 3.48. The molecule has 1 aliphatic heterocycles. The highest BCUT2D eigenvalue weighted by atomic mass is 32.2. The van der Waals surface area contributed by atoms with Crippen LogP contribution in [0.15, 0.2) is 38.9 Å². The molecule has 0 spiro atoms. The van der Waals surface area contributed by atoms with E-state index in [2.05, 4.69) is 20.7 Å². The molecule has 0 saturated carbocycles. The minimum atomic E-state index is -3.17. The summed E-state index contributed by atoms with van der Waals surface area (Å²) in [6.45, 7) is 2.71. The van der Waals surface area contributed by atoms with Crippen LogP contribution in [0.3, 0.4) is 0 Å². The minimum Gasteiger partial charge on any atom is -0.356 e. The molecular formula is C20H30N6O3S. The zero-order valence-electron chi connectivity index (χ0n) is 17.6. The van der Waals surface area contributed by atoms with Gasteiger partial charge in [0.05, 0.1) is 4.90 Å². The van der Waals surface area contributed by atoms with Gasteiger partial charge in [-0.3, -0.25) is 9.56 Å². The predicted octanol–water partition coefficient (Wildman–Crippen LogP) is 0.582. The number of aromatic nitrogens is 3. The quantitative estimate of drug-likeness (QED) is 0.357. The maximum atomic E-state index is 12.3. The smallest absolute Gasteiger partial charge is 0.345 e. The van der Waals surface area contributed by atoms with Crippen LogP contribution >= 0.6 is 0 Å². The average Bonchev–Trinajstić information content (AvgIpc) is 3.05. The molecule has 30 heavy (non-hydrogen) atoms. The van der Waals surface area contributed by atoms with E-state index in [4.69, 9.17) is 0 Å². The van der Waals surface area contributed by atoms with Crippen molar-refractivity contribution < 1.29 is 8.42 Å². The molecule has 9 nitrogen and oxygen atoms in total. The van der Waals surface area contributed by atoms with E-state index in [-0.39, 0.29) is 5.69 Å². The second kappa shape index (κ2) is 9.92. The Morgan fingerprint density at radius 2 is 1.90 bits per heavy atom. The number of hydrogen-bond acceptors (Lipinski definition) is 5. The molecule has 2 heterocycles. The summed E-state index contributed by atoms with van der Waals surface area (Å²) in [4.78, 5) is 16.9.